The van der Waals surface area contributed by atoms with Crippen LogP contribution >= 0.6 is 0 Å². The first kappa shape index (κ1) is 19.8. The van der Waals surface area contributed by atoms with Gasteiger partial charge in [-0.25, -0.2) is 9.37 Å². The Hall–Kier alpha value is -2.51. The van der Waals surface area contributed by atoms with Crippen LogP contribution in [0.1, 0.15) is 30.7 Å². The second kappa shape index (κ2) is 9.33. The van der Waals surface area contributed by atoms with Crippen molar-refractivity contribution in [3.05, 3.63) is 48.3 Å². The van der Waals surface area contributed by atoms with Crippen LogP contribution in [0.25, 0.3) is 11.0 Å². The molecule has 3 N–H and O–H groups in total. The minimum atomic E-state index is -0.253. The highest BCUT2D eigenvalue weighted by molar-refractivity contribution is 5.76. The minimum Gasteiger partial charge on any atom is -0.332 e. The highest BCUT2D eigenvalue weighted by Crippen LogP contribution is 2.29. The van der Waals surface area contributed by atoms with Crippen molar-refractivity contribution in [2.24, 2.45) is 5.73 Å². The molecule has 3 heterocycles. The molecule has 6 nitrogen and oxygen atoms in total. The van der Waals surface area contributed by atoms with Crippen molar-refractivity contribution in [3.8, 4) is 0 Å². The second-order valence-corrected chi connectivity index (χ2v) is 7.68. The van der Waals surface area contributed by atoms with Gasteiger partial charge in [0.2, 0.25) is 5.95 Å². The number of nitrogens with two attached hydrogens (primary N) is 1. The van der Waals surface area contributed by atoms with E-state index in [0.717, 1.165) is 55.6 Å². The molecule has 0 atom stereocenters. The molecule has 1 aliphatic heterocycles. The fraction of sp³-hybridized carbons (Fsp3) is 0.455. The van der Waals surface area contributed by atoms with Gasteiger partial charge >= 0.3 is 0 Å². The maximum atomic E-state index is 12.5. The van der Waals surface area contributed by atoms with E-state index < -0.39 is 0 Å². The maximum Gasteiger partial charge on any atom is 0.229 e. The number of fused-ring (bicyclic) bond motifs is 1. The summed E-state index contributed by atoms with van der Waals surface area (Å²) in [6.45, 7) is 3.79. The van der Waals surface area contributed by atoms with E-state index in [-0.39, 0.29) is 6.67 Å². The van der Waals surface area contributed by atoms with Crippen molar-refractivity contribution < 1.29 is 4.39 Å². The first-order valence-electron chi connectivity index (χ1n) is 10.4. The Bertz CT molecular complexity index is 915. The van der Waals surface area contributed by atoms with Gasteiger partial charge < -0.3 is 20.5 Å². The lowest BCUT2D eigenvalue weighted by molar-refractivity contribution is 0.197. The third kappa shape index (κ3) is 4.74. The summed E-state index contributed by atoms with van der Waals surface area (Å²) in [7, 11) is 0. The predicted octanol–water partition coefficient (Wildman–Crippen LogP) is 3.67. The highest BCUT2D eigenvalue weighted by atomic mass is 19.1. The van der Waals surface area contributed by atoms with Crippen molar-refractivity contribution in [3.63, 3.8) is 0 Å². The summed E-state index contributed by atoms with van der Waals surface area (Å²) in [6.07, 6.45) is 6.99. The fourth-order valence-electron chi connectivity index (χ4n) is 4.05. The number of aromatic nitrogens is 3. The fourth-order valence-corrected chi connectivity index (χ4v) is 4.05. The third-order valence-corrected chi connectivity index (χ3v) is 5.73. The van der Waals surface area contributed by atoms with Crippen LogP contribution in [0.5, 0.6) is 0 Å². The largest absolute Gasteiger partial charge is 0.332 e. The molecule has 0 bridgehead atoms. The maximum absolute atomic E-state index is 12.5. The monoisotopic (exact) mass is 396 g/mol. The minimum absolute atomic E-state index is 0.253. The van der Waals surface area contributed by atoms with Gasteiger partial charge in [0.25, 0.3) is 0 Å². The summed E-state index contributed by atoms with van der Waals surface area (Å²) in [4.78, 5) is 11.3. The Kier molecular flexibility index (Phi) is 6.36. The average Bonchev–Trinajstić information content (AvgIpc) is 3.16. The molecule has 0 amide bonds. The van der Waals surface area contributed by atoms with Crippen molar-refractivity contribution in [2.45, 2.75) is 31.7 Å². The summed E-state index contributed by atoms with van der Waals surface area (Å²) in [5.74, 6) is 1.15. The van der Waals surface area contributed by atoms with E-state index in [2.05, 4.69) is 49.0 Å². The first-order valence-corrected chi connectivity index (χ1v) is 10.4. The van der Waals surface area contributed by atoms with Crippen LogP contribution in [0.2, 0.25) is 0 Å². The molecule has 154 valence electrons. The summed E-state index contributed by atoms with van der Waals surface area (Å²) in [6, 6.07) is 10.6. The molecular formula is C22H29FN6. The van der Waals surface area contributed by atoms with Crippen molar-refractivity contribution >= 4 is 22.7 Å². The van der Waals surface area contributed by atoms with Crippen LogP contribution in [0.3, 0.4) is 0 Å². The lowest BCUT2D eigenvalue weighted by Crippen LogP contribution is -2.34. The number of benzene rings is 1. The number of piperidine rings is 1. The standard InChI is InChI=1S/C22H29FN6/c23-9-15-28-12-6-18(7-13-28)17-2-4-20(5-3-17)26-22-25-16-19-8-14-29(11-1-10-24)21(19)27-22/h2-5,8,14,16,18H,1,6-7,9-13,15,24H2,(H,25,26,27). The zero-order valence-electron chi connectivity index (χ0n) is 16.7. The predicted molar refractivity (Wildman–Crippen MR) is 115 cm³/mol. The number of nitrogens with zero attached hydrogens (tertiary/aromatic N) is 4. The number of likely N-dealkylation sites (tertiary alicyclic amines) is 1. The number of anilines is 2. The van der Waals surface area contributed by atoms with Gasteiger partial charge in [0, 0.05) is 36.6 Å². The van der Waals surface area contributed by atoms with E-state index in [1.54, 1.807) is 0 Å². The summed E-state index contributed by atoms with van der Waals surface area (Å²) in [5.41, 5.74) is 8.88. The Morgan fingerprint density at radius 2 is 1.90 bits per heavy atom. The topological polar surface area (TPSA) is 72.0 Å². The van der Waals surface area contributed by atoms with Crippen LogP contribution in [0.4, 0.5) is 16.0 Å². The summed E-state index contributed by atoms with van der Waals surface area (Å²) >= 11 is 0. The number of alkyl halides is 1. The van der Waals surface area contributed by atoms with Gasteiger partial charge in [-0.15, -0.1) is 0 Å². The third-order valence-electron chi connectivity index (χ3n) is 5.73. The molecule has 4 rings (SSSR count). The van der Waals surface area contributed by atoms with E-state index in [1.165, 1.54) is 5.56 Å². The Balaban J connectivity index is 1.41. The average molecular weight is 397 g/mol. The molecule has 2 aromatic heterocycles. The molecule has 0 radical (unpaired) electrons. The van der Waals surface area contributed by atoms with E-state index in [4.69, 9.17) is 5.73 Å². The van der Waals surface area contributed by atoms with Gasteiger partial charge in [-0.2, -0.15) is 4.98 Å². The van der Waals surface area contributed by atoms with E-state index in [0.29, 0.717) is 25.0 Å². The van der Waals surface area contributed by atoms with Gasteiger partial charge in [-0.05, 0) is 68.6 Å². The molecule has 1 aromatic carbocycles. The smallest absolute Gasteiger partial charge is 0.229 e. The molecule has 0 unspecified atom stereocenters. The van der Waals surface area contributed by atoms with Crippen LogP contribution in [0.15, 0.2) is 42.7 Å². The van der Waals surface area contributed by atoms with Crippen molar-refractivity contribution in [2.75, 3.05) is 38.2 Å². The van der Waals surface area contributed by atoms with Crippen LogP contribution < -0.4 is 11.1 Å². The van der Waals surface area contributed by atoms with Crippen LogP contribution in [-0.4, -0.2) is 52.3 Å². The number of hydrogen-bond acceptors (Lipinski definition) is 5. The molecule has 29 heavy (non-hydrogen) atoms. The van der Waals surface area contributed by atoms with Gasteiger partial charge in [0.1, 0.15) is 12.3 Å². The van der Waals surface area contributed by atoms with Crippen molar-refractivity contribution in [1.29, 1.82) is 0 Å². The number of aryl methyl sites for hydroxylation is 1. The SMILES string of the molecule is NCCCn1ccc2cnc(Nc3ccc(C4CCN(CCF)CC4)cc3)nc21. The number of hydrogen-bond donors (Lipinski definition) is 2. The molecular weight excluding hydrogens is 367 g/mol. The van der Waals surface area contributed by atoms with E-state index in [9.17, 15) is 4.39 Å². The normalized spacial score (nSPS) is 15.8. The molecule has 0 spiro atoms. The second-order valence-electron chi connectivity index (χ2n) is 7.68. The number of nitrogens with one attached hydrogen (secondary N) is 1. The molecule has 1 saturated heterocycles. The molecule has 3 aromatic rings. The first-order chi connectivity index (χ1) is 14.3. The summed E-state index contributed by atoms with van der Waals surface area (Å²) in [5, 5.41) is 4.34. The summed E-state index contributed by atoms with van der Waals surface area (Å²) < 4.78 is 14.6. The van der Waals surface area contributed by atoms with E-state index in [1.807, 2.05) is 18.5 Å². The lowest BCUT2D eigenvalue weighted by atomic mass is 9.89. The van der Waals surface area contributed by atoms with Crippen molar-refractivity contribution in [1.82, 2.24) is 19.4 Å². The zero-order chi connectivity index (χ0) is 20.1. The highest BCUT2D eigenvalue weighted by Gasteiger charge is 2.20. The quantitative estimate of drug-likeness (QED) is 0.608. The molecule has 0 saturated carbocycles. The zero-order valence-corrected chi connectivity index (χ0v) is 16.7. The Morgan fingerprint density at radius 1 is 1.10 bits per heavy atom. The molecule has 0 aliphatic carbocycles. The van der Waals surface area contributed by atoms with Crippen LogP contribution in [0, 0.1) is 0 Å². The Morgan fingerprint density at radius 3 is 2.62 bits per heavy atom. The Labute approximate surface area is 170 Å². The van der Waals surface area contributed by atoms with Gasteiger partial charge in [0.15, 0.2) is 0 Å². The van der Waals surface area contributed by atoms with Crippen LogP contribution in [-0.2, 0) is 6.54 Å². The van der Waals surface area contributed by atoms with Gasteiger partial charge in [-0.1, -0.05) is 12.1 Å². The molecule has 1 aliphatic rings. The van der Waals surface area contributed by atoms with Gasteiger partial charge in [0.05, 0.1) is 0 Å². The van der Waals surface area contributed by atoms with Gasteiger partial charge in [-0.3, -0.25) is 0 Å². The molecule has 1 fully saturated rings. The number of halogens is 1. The number of rotatable bonds is 8. The molecule has 7 heteroatoms. The lowest BCUT2D eigenvalue weighted by Gasteiger charge is -2.31. The van der Waals surface area contributed by atoms with E-state index >= 15 is 0 Å².